The van der Waals surface area contributed by atoms with Gasteiger partial charge in [-0.2, -0.15) is 0 Å². The Labute approximate surface area is 180 Å². The molecule has 1 aliphatic rings. The number of benzene rings is 2. The zero-order valence-electron chi connectivity index (χ0n) is 18.8. The summed E-state index contributed by atoms with van der Waals surface area (Å²) in [6.07, 6.45) is 1.52. The molecule has 0 aromatic heterocycles. The van der Waals surface area contributed by atoms with Gasteiger partial charge in [0.05, 0.1) is 26.8 Å². The molecule has 0 aliphatic carbocycles. The van der Waals surface area contributed by atoms with E-state index in [0.717, 1.165) is 31.0 Å². The van der Waals surface area contributed by atoms with Gasteiger partial charge < -0.3 is 19.7 Å². The summed E-state index contributed by atoms with van der Waals surface area (Å²) in [6, 6.07) is 14.9. The first-order valence-electron chi connectivity index (χ1n) is 10.9. The van der Waals surface area contributed by atoms with E-state index in [2.05, 4.69) is 62.5 Å². The van der Waals surface area contributed by atoms with E-state index in [1.165, 1.54) is 21.6 Å². The van der Waals surface area contributed by atoms with Gasteiger partial charge in [-0.05, 0) is 30.5 Å². The van der Waals surface area contributed by atoms with Crippen LogP contribution in [-0.4, -0.2) is 32.7 Å². The fourth-order valence-electron chi connectivity index (χ4n) is 4.56. The molecule has 1 unspecified atom stereocenters. The highest BCUT2D eigenvalue weighted by Crippen LogP contribution is 2.35. The van der Waals surface area contributed by atoms with Gasteiger partial charge in [0.2, 0.25) is 5.91 Å². The molecule has 0 spiro atoms. The van der Waals surface area contributed by atoms with Crippen molar-refractivity contribution in [3.63, 3.8) is 0 Å². The highest BCUT2D eigenvalue weighted by atomic mass is 16.5. The Balaban J connectivity index is 1.95. The molecule has 5 nitrogen and oxygen atoms in total. The quantitative estimate of drug-likeness (QED) is 0.702. The monoisotopic (exact) mass is 411 g/mol. The molecule has 162 valence electrons. The molecule has 5 heteroatoms. The molecule has 1 heterocycles. The van der Waals surface area contributed by atoms with Crippen molar-refractivity contribution in [1.29, 1.82) is 0 Å². The number of amides is 1. The van der Waals surface area contributed by atoms with Gasteiger partial charge in [-0.3, -0.25) is 4.79 Å². The standard InChI is InChI=1S/C25H34N2O3/c1-17(2)13-24(28)26-18(3)25-21-15-23(30-5)22(29-4)14-20(21)11-12-27(25)16-19-9-7-6-8-10-19/h6-10,14-15,17-18,25H,11-13,16H2,1-5H3,(H,26,28)/p+1/t18-,25+/m1/s1. The van der Waals surface area contributed by atoms with E-state index in [4.69, 9.17) is 9.47 Å². The Hall–Kier alpha value is -2.53. The predicted molar refractivity (Wildman–Crippen MR) is 119 cm³/mol. The largest absolute Gasteiger partial charge is 0.493 e. The zero-order chi connectivity index (χ0) is 21.7. The number of hydrogen-bond acceptors (Lipinski definition) is 3. The first-order chi connectivity index (χ1) is 14.4. The molecule has 0 radical (unpaired) electrons. The average molecular weight is 412 g/mol. The van der Waals surface area contributed by atoms with E-state index >= 15 is 0 Å². The molecule has 1 amide bonds. The second-order valence-electron chi connectivity index (χ2n) is 8.66. The maximum atomic E-state index is 12.5. The number of quaternary nitrogens is 1. The summed E-state index contributed by atoms with van der Waals surface area (Å²) >= 11 is 0. The molecule has 2 aromatic carbocycles. The number of nitrogens with one attached hydrogen (secondary N) is 2. The number of rotatable bonds is 8. The van der Waals surface area contributed by atoms with Gasteiger partial charge in [-0.25, -0.2) is 0 Å². The SMILES string of the molecule is COc1cc2c(cc1OC)[C@H]([C@@H](C)NC(=O)CC(C)C)[NH+](Cc1ccccc1)CC2. The maximum Gasteiger partial charge on any atom is 0.220 e. The van der Waals surface area contributed by atoms with E-state index in [0.29, 0.717) is 12.3 Å². The second-order valence-corrected chi connectivity index (χ2v) is 8.66. The Kier molecular flexibility index (Phi) is 7.38. The maximum absolute atomic E-state index is 12.5. The summed E-state index contributed by atoms with van der Waals surface area (Å²) in [5.74, 6) is 1.96. The number of carbonyl (C=O) groups is 1. The minimum absolute atomic E-state index is 0.00659. The van der Waals surface area contributed by atoms with Crippen molar-refractivity contribution in [2.24, 2.45) is 5.92 Å². The second kappa shape index (κ2) is 9.98. The van der Waals surface area contributed by atoms with Crippen molar-refractivity contribution in [3.05, 3.63) is 59.2 Å². The van der Waals surface area contributed by atoms with Crippen LogP contribution in [0.1, 0.15) is 49.9 Å². The van der Waals surface area contributed by atoms with E-state index in [-0.39, 0.29) is 18.0 Å². The van der Waals surface area contributed by atoms with Crippen LogP contribution in [0.15, 0.2) is 42.5 Å². The van der Waals surface area contributed by atoms with Crippen LogP contribution in [0.4, 0.5) is 0 Å². The van der Waals surface area contributed by atoms with Crippen molar-refractivity contribution >= 4 is 5.91 Å². The van der Waals surface area contributed by atoms with Gasteiger partial charge in [-0.15, -0.1) is 0 Å². The van der Waals surface area contributed by atoms with Crippen LogP contribution in [-0.2, 0) is 17.8 Å². The third-order valence-corrected chi connectivity index (χ3v) is 5.89. The highest BCUT2D eigenvalue weighted by Gasteiger charge is 2.37. The highest BCUT2D eigenvalue weighted by molar-refractivity contribution is 5.76. The van der Waals surface area contributed by atoms with Gasteiger partial charge in [-0.1, -0.05) is 44.2 Å². The van der Waals surface area contributed by atoms with Gasteiger partial charge in [0.25, 0.3) is 0 Å². The van der Waals surface area contributed by atoms with Crippen molar-refractivity contribution in [1.82, 2.24) is 5.32 Å². The predicted octanol–water partition coefficient (Wildman–Crippen LogP) is 2.94. The van der Waals surface area contributed by atoms with Crippen LogP contribution >= 0.6 is 0 Å². The summed E-state index contributed by atoms with van der Waals surface area (Å²) in [7, 11) is 3.34. The van der Waals surface area contributed by atoms with Crippen LogP contribution in [0.5, 0.6) is 11.5 Å². The average Bonchev–Trinajstić information content (AvgIpc) is 2.72. The fourth-order valence-corrected chi connectivity index (χ4v) is 4.56. The molecule has 30 heavy (non-hydrogen) atoms. The van der Waals surface area contributed by atoms with Crippen molar-refractivity contribution < 1.29 is 19.2 Å². The molecule has 1 aliphatic heterocycles. The molecule has 0 saturated carbocycles. The summed E-state index contributed by atoms with van der Waals surface area (Å²) in [5.41, 5.74) is 3.82. The van der Waals surface area contributed by atoms with Crippen LogP contribution < -0.4 is 19.7 Å². The van der Waals surface area contributed by atoms with E-state index in [1.807, 2.05) is 6.07 Å². The normalized spacial score (nSPS) is 19.1. The van der Waals surface area contributed by atoms with Crippen molar-refractivity contribution in [2.45, 2.75) is 52.2 Å². The lowest BCUT2D eigenvalue weighted by atomic mass is 9.87. The molecular weight excluding hydrogens is 376 g/mol. The third-order valence-electron chi connectivity index (χ3n) is 5.89. The minimum atomic E-state index is 0.00659. The van der Waals surface area contributed by atoms with E-state index in [1.54, 1.807) is 14.2 Å². The minimum Gasteiger partial charge on any atom is -0.493 e. The van der Waals surface area contributed by atoms with Crippen LogP contribution in [0.2, 0.25) is 0 Å². The summed E-state index contributed by atoms with van der Waals surface area (Å²) in [6.45, 7) is 8.20. The molecule has 0 saturated heterocycles. The van der Waals surface area contributed by atoms with Crippen LogP contribution in [0.25, 0.3) is 0 Å². The third kappa shape index (κ3) is 5.14. The Morgan fingerprint density at radius 3 is 2.40 bits per heavy atom. The van der Waals surface area contributed by atoms with E-state index < -0.39 is 0 Å². The molecule has 2 aromatic rings. The van der Waals surface area contributed by atoms with Gasteiger partial charge in [0, 0.05) is 24.0 Å². The lowest BCUT2D eigenvalue weighted by Gasteiger charge is -2.38. The van der Waals surface area contributed by atoms with Crippen LogP contribution in [0, 0.1) is 5.92 Å². The van der Waals surface area contributed by atoms with Crippen molar-refractivity contribution in [3.8, 4) is 11.5 Å². The molecule has 3 atom stereocenters. The van der Waals surface area contributed by atoms with Gasteiger partial charge in [0.15, 0.2) is 11.5 Å². The number of hydrogen-bond donors (Lipinski definition) is 2. The molecular formula is C25H35N2O3+. The fraction of sp³-hybridized carbons (Fsp3) is 0.480. The van der Waals surface area contributed by atoms with Crippen LogP contribution in [0.3, 0.4) is 0 Å². The summed E-state index contributed by atoms with van der Waals surface area (Å²) in [4.78, 5) is 14.0. The van der Waals surface area contributed by atoms with E-state index in [9.17, 15) is 4.79 Å². The molecule has 0 fully saturated rings. The van der Waals surface area contributed by atoms with Gasteiger partial charge in [0.1, 0.15) is 12.6 Å². The number of carbonyl (C=O) groups excluding carboxylic acids is 1. The molecule has 0 bridgehead atoms. The lowest BCUT2D eigenvalue weighted by molar-refractivity contribution is -0.948. The van der Waals surface area contributed by atoms with Gasteiger partial charge >= 0.3 is 0 Å². The first-order valence-corrected chi connectivity index (χ1v) is 10.9. The number of ether oxygens (including phenoxy) is 2. The number of fused-ring (bicyclic) bond motifs is 1. The molecule has 2 N–H and O–H groups in total. The smallest absolute Gasteiger partial charge is 0.220 e. The Morgan fingerprint density at radius 2 is 1.77 bits per heavy atom. The number of methoxy groups -OCH3 is 2. The topological polar surface area (TPSA) is 52.0 Å². The molecule has 3 rings (SSSR count). The summed E-state index contributed by atoms with van der Waals surface area (Å²) in [5, 5.41) is 3.27. The summed E-state index contributed by atoms with van der Waals surface area (Å²) < 4.78 is 11.1. The Morgan fingerprint density at radius 1 is 1.10 bits per heavy atom. The lowest BCUT2D eigenvalue weighted by Crippen LogP contribution is -3.13. The Bertz CT molecular complexity index is 851. The van der Waals surface area contributed by atoms with Crippen molar-refractivity contribution in [2.75, 3.05) is 20.8 Å². The first kappa shape index (κ1) is 22.2. The zero-order valence-corrected chi connectivity index (χ0v) is 18.8.